The highest BCUT2D eigenvalue weighted by molar-refractivity contribution is 7.84. The van der Waals surface area contributed by atoms with Gasteiger partial charge in [-0.3, -0.25) is 9.00 Å². The van der Waals surface area contributed by atoms with E-state index in [2.05, 4.69) is 0 Å². The van der Waals surface area contributed by atoms with Gasteiger partial charge in [-0.2, -0.15) is 0 Å². The first-order valence-electron chi connectivity index (χ1n) is 4.97. The minimum atomic E-state index is -1.37. The van der Waals surface area contributed by atoms with Crippen molar-refractivity contribution in [2.24, 2.45) is 0 Å². The molecule has 0 saturated heterocycles. The van der Waals surface area contributed by atoms with E-state index >= 15 is 0 Å². The van der Waals surface area contributed by atoms with Crippen LogP contribution in [0.15, 0.2) is 39.6 Å². The maximum Gasteiger partial charge on any atom is 0.185 e. The number of hydrogen-bond donors (Lipinski definition) is 0. The van der Waals surface area contributed by atoms with Crippen molar-refractivity contribution in [3.8, 4) is 0 Å². The van der Waals surface area contributed by atoms with Crippen molar-refractivity contribution in [2.45, 2.75) is 10.6 Å². The molecule has 0 amide bonds. The van der Waals surface area contributed by atoms with Crippen molar-refractivity contribution in [2.75, 3.05) is 0 Å². The largest absolute Gasteiger partial charge is 0.457 e. The van der Waals surface area contributed by atoms with Crippen molar-refractivity contribution in [3.63, 3.8) is 0 Å². The molecule has 0 bridgehead atoms. The van der Waals surface area contributed by atoms with E-state index in [1.165, 1.54) is 6.07 Å². The molecule has 0 N–H and O–H groups in total. The van der Waals surface area contributed by atoms with E-state index in [1.54, 1.807) is 24.3 Å². The SMILES string of the molecule is O=Cc1ccc(CS(=O)c2cc(Cl)ccc2Cl)o1. The molecule has 1 heterocycles. The zero-order valence-corrected chi connectivity index (χ0v) is 11.4. The molecule has 0 saturated carbocycles. The summed E-state index contributed by atoms with van der Waals surface area (Å²) in [4.78, 5) is 10.9. The number of rotatable bonds is 4. The number of halogens is 2. The van der Waals surface area contributed by atoms with Gasteiger partial charge in [-0.1, -0.05) is 23.2 Å². The zero-order valence-electron chi connectivity index (χ0n) is 9.06. The van der Waals surface area contributed by atoms with Crippen LogP contribution in [0.3, 0.4) is 0 Å². The van der Waals surface area contributed by atoms with Crippen LogP contribution in [-0.4, -0.2) is 10.5 Å². The fourth-order valence-corrected chi connectivity index (χ4v) is 3.12. The van der Waals surface area contributed by atoms with E-state index in [9.17, 15) is 9.00 Å². The molecule has 1 unspecified atom stereocenters. The van der Waals surface area contributed by atoms with Crippen LogP contribution in [0.25, 0.3) is 0 Å². The lowest BCUT2D eigenvalue weighted by Gasteiger charge is -2.03. The molecule has 0 spiro atoms. The Kier molecular flexibility index (Phi) is 4.22. The molecular weight excluding hydrogens is 295 g/mol. The summed E-state index contributed by atoms with van der Waals surface area (Å²) in [7, 11) is -1.37. The summed E-state index contributed by atoms with van der Waals surface area (Å²) in [5.41, 5.74) is 0. The zero-order chi connectivity index (χ0) is 13.1. The smallest absolute Gasteiger partial charge is 0.185 e. The minimum Gasteiger partial charge on any atom is -0.457 e. The summed E-state index contributed by atoms with van der Waals surface area (Å²) in [6.45, 7) is 0. The number of benzene rings is 1. The van der Waals surface area contributed by atoms with Crippen LogP contribution >= 0.6 is 23.2 Å². The molecule has 2 aromatic rings. The third-order valence-electron chi connectivity index (χ3n) is 2.21. The number of carbonyl (C=O) groups is 1. The summed E-state index contributed by atoms with van der Waals surface area (Å²) in [5.74, 6) is 0.819. The summed E-state index contributed by atoms with van der Waals surface area (Å²) in [5, 5.41) is 0.857. The van der Waals surface area contributed by atoms with E-state index in [1.807, 2.05) is 0 Å². The standard InChI is InChI=1S/C12H8Cl2O3S/c13-8-1-4-11(14)12(5-8)18(16)7-10-3-2-9(6-15)17-10/h1-6H,7H2. The first kappa shape index (κ1) is 13.3. The lowest BCUT2D eigenvalue weighted by molar-refractivity contribution is 0.109. The molecule has 0 aliphatic carbocycles. The molecule has 0 aliphatic heterocycles. The fourth-order valence-electron chi connectivity index (χ4n) is 1.39. The minimum absolute atomic E-state index is 0.147. The van der Waals surface area contributed by atoms with Crippen LogP contribution in [0.4, 0.5) is 0 Å². The van der Waals surface area contributed by atoms with Crippen LogP contribution in [-0.2, 0) is 16.6 Å². The van der Waals surface area contributed by atoms with Gasteiger partial charge < -0.3 is 4.42 Å². The lowest BCUT2D eigenvalue weighted by atomic mass is 10.4. The maximum absolute atomic E-state index is 12.1. The van der Waals surface area contributed by atoms with E-state index < -0.39 is 10.8 Å². The predicted molar refractivity (Wildman–Crippen MR) is 70.7 cm³/mol. The van der Waals surface area contributed by atoms with Gasteiger partial charge >= 0.3 is 0 Å². The second-order valence-electron chi connectivity index (χ2n) is 3.49. The van der Waals surface area contributed by atoms with Crippen molar-refractivity contribution in [1.82, 2.24) is 0 Å². The van der Waals surface area contributed by atoms with Gasteiger partial charge in [-0.05, 0) is 30.3 Å². The molecule has 18 heavy (non-hydrogen) atoms. The highest BCUT2D eigenvalue weighted by atomic mass is 35.5. The average Bonchev–Trinajstić information content (AvgIpc) is 2.80. The Morgan fingerprint density at radius 3 is 2.67 bits per heavy atom. The topological polar surface area (TPSA) is 47.3 Å². The quantitative estimate of drug-likeness (QED) is 0.809. The molecule has 6 heteroatoms. The Bertz CT molecular complexity index is 607. The molecule has 0 radical (unpaired) electrons. The lowest BCUT2D eigenvalue weighted by Crippen LogP contribution is -1.96. The van der Waals surface area contributed by atoms with Gasteiger partial charge in [0.15, 0.2) is 12.0 Å². The Balaban J connectivity index is 2.21. The molecule has 3 nitrogen and oxygen atoms in total. The van der Waals surface area contributed by atoms with Gasteiger partial charge in [0.05, 0.1) is 26.5 Å². The normalized spacial score (nSPS) is 12.3. The van der Waals surface area contributed by atoms with E-state index in [4.69, 9.17) is 27.6 Å². The molecule has 1 aromatic carbocycles. The Hall–Kier alpha value is -1.10. The summed E-state index contributed by atoms with van der Waals surface area (Å²) < 4.78 is 17.3. The van der Waals surface area contributed by atoms with Gasteiger partial charge in [0, 0.05) is 5.02 Å². The summed E-state index contributed by atoms with van der Waals surface area (Å²) in [6, 6.07) is 7.92. The molecule has 0 fully saturated rings. The van der Waals surface area contributed by atoms with E-state index in [0.717, 1.165) is 0 Å². The number of furan rings is 1. The molecule has 0 aliphatic rings. The molecule has 2 rings (SSSR count). The molecular formula is C12H8Cl2O3S. The third kappa shape index (κ3) is 3.02. The molecule has 1 aromatic heterocycles. The van der Waals surface area contributed by atoms with E-state index in [0.29, 0.717) is 27.0 Å². The van der Waals surface area contributed by atoms with Gasteiger partial charge in [0.1, 0.15) is 5.76 Å². The van der Waals surface area contributed by atoms with E-state index in [-0.39, 0.29) is 11.5 Å². The fraction of sp³-hybridized carbons (Fsp3) is 0.0833. The van der Waals surface area contributed by atoms with Crippen molar-refractivity contribution >= 4 is 40.3 Å². The van der Waals surface area contributed by atoms with Gasteiger partial charge in [-0.15, -0.1) is 0 Å². The van der Waals surface area contributed by atoms with Crippen molar-refractivity contribution in [3.05, 3.63) is 51.9 Å². The monoisotopic (exact) mass is 302 g/mol. The highest BCUT2D eigenvalue weighted by Crippen LogP contribution is 2.25. The first-order chi connectivity index (χ1) is 8.60. The van der Waals surface area contributed by atoms with Crippen molar-refractivity contribution < 1.29 is 13.4 Å². The Morgan fingerprint density at radius 2 is 2.00 bits per heavy atom. The Morgan fingerprint density at radius 1 is 1.22 bits per heavy atom. The van der Waals surface area contributed by atoms with Crippen LogP contribution in [0.2, 0.25) is 10.0 Å². The van der Waals surface area contributed by atoms with Crippen molar-refractivity contribution in [1.29, 1.82) is 0 Å². The Labute approximate surface area is 116 Å². The second-order valence-corrected chi connectivity index (χ2v) is 5.75. The highest BCUT2D eigenvalue weighted by Gasteiger charge is 2.12. The van der Waals surface area contributed by atoms with Gasteiger partial charge in [-0.25, -0.2) is 0 Å². The first-order valence-corrected chi connectivity index (χ1v) is 7.05. The maximum atomic E-state index is 12.1. The van der Waals surface area contributed by atoms with Crippen LogP contribution in [0.1, 0.15) is 16.3 Å². The molecule has 94 valence electrons. The van der Waals surface area contributed by atoms with Crippen LogP contribution in [0, 0.1) is 0 Å². The second kappa shape index (κ2) is 5.69. The van der Waals surface area contributed by atoms with Gasteiger partial charge in [0.25, 0.3) is 0 Å². The van der Waals surface area contributed by atoms with Crippen LogP contribution in [0.5, 0.6) is 0 Å². The number of aldehydes is 1. The average molecular weight is 303 g/mol. The predicted octanol–water partition coefficient (Wildman–Crippen LogP) is 3.71. The number of hydrogen-bond acceptors (Lipinski definition) is 3. The third-order valence-corrected chi connectivity index (χ3v) is 4.26. The van der Waals surface area contributed by atoms with Crippen LogP contribution < -0.4 is 0 Å². The molecule has 1 atom stereocenters. The summed E-state index contributed by atoms with van der Waals surface area (Å²) >= 11 is 11.8. The number of carbonyl (C=O) groups excluding carboxylic acids is 1. The summed E-state index contributed by atoms with van der Waals surface area (Å²) in [6.07, 6.45) is 0.596. The van der Waals surface area contributed by atoms with Gasteiger partial charge in [0.2, 0.25) is 0 Å².